The Labute approximate surface area is 123 Å². The van der Waals surface area contributed by atoms with Crippen LogP contribution in [-0.2, 0) is 4.79 Å². The van der Waals surface area contributed by atoms with Crippen molar-refractivity contribution in [2.24, 2.45) is 0 Å². The molecule has 4 nitrogen and oxygen atoms in total. The summed E-state index contributed by atoms with van der Waals surface area (Å²) in [5, 5.41) is 0.626. The topological polar surface area (TPSA) is 46.1 Å². The van der Waals surface area contributed by atoms with Crippen LogP contribution in [0.2, 0.25) is 0 Å². The summed E-state index contributed by atoms with van der Waals surface area (Å²) in [6, 6.07) is 9.72. The molecule has 20 heavy (non-hydrogen) atoms. The molecule has 0 saturated heterocycles. The molecule has 104 valence electrons. The quantitative estimate of drug-likeness (QED) is 0.626. The summed E-state index contributed by atoms with van der Waals surface area (Å²) in [5.41, 5.74) is 2.08. The third-order valence-electron chi connectivity index (χ3n) is 2.80. The van der Waals surface area contributed by atoms with Gasteiger partial charge >= 0.3 is 0 Å². The minimum Gasteiger partial charge on any atom is -0.312 e. The molecule has 0 radical (unpaired) electrons. The van der Waals surface area contributed by atoms with Crippen molar-refractivity contribution in [2.75, 3.05) is 17.2 Å². The van der Waals surface area contributed by atoms with Crippen LogP contribution in [-0.4, -0.2) is 28.2 Å². The third-order valence-corrected chi connectivity index (χ3v) is 3.66. The number of aromatic nitrogens is 2. The monoisotopic (exact) mass is 287 g/mol. The lowest BCUT2D eigenvalue weighted by Gasteiger charge is -2.21. The van der Waals surface area contributed by atoms with Gasteiger partial charge in [0.2, 0.25) is 5.91 Å². The van der Waals surface area contributed by atoms with E-state index in [0.717, 1.165) is 11.3 Å². The van der Waals surface area contributed by atoms with Gasteiger partial charge < -0.3 is 4.90 Å². The maximum atomic E-state index is 12.3. The maximum Gasteiger partial charge on any atom is 0.237 e. The van der Waals surface area contributed by atoms with Gasteiger partial charge in [-0.25, -0.2) is 9.97 Å². The largest absolute Gasteiger partial charge is 0.312 e. The van der Waals surface area contributed by atoms with Gasteiger partial charge in [-0.2, -0.15) is 0 Å². The summed E-state index contributed by atoms with van der Waals surface area (Å²) in [6.07, 6.45) is 3.36. The van der Waals surface area contributed by atoms with Crippen molar-refractivity contribution in [1.82, 2.24) is 9.97 Å². The van der Waals surface area contributed by atoms with Gasteiger partial charge in [0.1, 0.15) is 0 Å². The number of aryl methyl sites for hydroxylation is 1. The van der Waals surface area contributed by atoms with Crippen molar-refractivity contribution in [2.45, 2.75) is 19.0 Å². The molecule has 1 aromatic carbocycles. The second-order valence-electron chi connectivity index (χ2n) is 4.30. The average molecular weight is 287 g/mol. The van der Waals surface area contributed by atoms with E-state index in [0.29, 0.717) is 17.5 Å². The van der Waals surface area contributed by atoms with E-state index in [-0.39, 0.29) is 5.91 Å². The second-order valence-corrected chi connectivity index (χ2v) is 5.24. The Hall–Kier alpha value is -1.88. The Kier molecular flexibility index (Phi) is 5.12. The fourth-order valence-electron chi connectivity index (χ4n) is 1.86. The second kappa shape index (κ2) is 7.05. The van der Waals surface area contributed by atoms with E-state index in [1.165, 1.54) is 11.8 Å². The molecule has 0 aliphatic rings. The highest BCUT2D eigenvalue weighted by Gasteiger charge is 2.14. The predicted octanol–water partition coefficient (Wildman–Crippen LogP) is 2.93. The summed E-state index contributed by atoms with van der Waals surface area (Å²) in [5.74, 6) is 0.404. The Morgan fingerprint density at radius 2 is 2.00 bits per heavy atom. The van der Waals surface area contributed by atoms with Crippen LogP contribution in [0.15, 0.2) is 47.9 Å². The summed E-state index contributed by atoms with van der Waals surface area (Å²) < 4.78 is 0. The van der Waals surface area contributed by atoms with Crippen LogP contribution in [0.3, 0.4) is 0 Å². The van der Waals surface area contributed by atoms with Crippen LogP contribution in [0.4, 0.5) is 5.69 Å². The van der Waals surface area contributed by atoms with Crippen LogP contribution in [0.25, 0.3) is 0 Å². The van der Waals surface area contributed by atoms with Gasteiger partial charge in [-0.1, -0.05) is 23.9 Å². The van der Waals surface area contributed by atoms with Crippen LogP contribution >= 0.6 is 11.8 Å². The molecular weight excluding hydrogens is 270 g/mol. The molecular formula is C15H17N3OS. The van der Waals surface area contributed by atoms with Crippen LogP contribution in [0.1, 0.15) is 12.5 Å². The van der Waals surface area contributed by atoms with E-state index in [1.54, 1.807) is 23.4 Å². The fraction of sp³-hybridized carbons (Fsp3) is 0.267. The molecule has 0 fully saturated rings. The maximum absolute atomic E-state index is 12.3. The molecule has 0 unspecified atom stereocenters. The number of nitrogens with zero attached hydrogens (tertiary/aromatic N) is 3. The van der Waals surface area contributed by atoms with Gasteiger partial charge in [0.25, 0.3) is 0 Å². The summed E-state index contributed by atoms with van der Waals surface area (Å²) in [4.78, 5) is 22.3. The molecule has 0 aliphatic carbocycles. The van der Waals surface area contributed by atoms with Crippen molar-refractivity contribution in [3.05, 3.63) is 48.3 Å². The Bertz CT molecular complexity index is 574. The molecule has 2 aromatic rings. The first kappa shape index (κ1) is 14.5. The van der Waals surface area contributed by atoms with Crippen molar-refractivity contribution in [3.63, 3.8) is 0 Å². The molecule has 2 rings (SSSR count). The number of hydrogen-bond acceptors (Lipinski definition) is 4. The van der Waals surface area contributed by atoms with Crippen molar-refractivity contribution >= 4 is 23.4 Å². The van der Waals surface area contributed by atoms with Gasteiger partial charge in [0, 0.05) is 24.6 Å². The number of anilines is 1. The standard InChI is InChI=1S/C15H17N3OS/c1-3-18(13-7-4-6-12(2)10-13)14(19)11-20-15-16-8-5-9-17-15/h4-10H,3,11H2,1-2H3. The number of thioether (sulfide) groups is 1. The molecule has 0 saturated carbocycles. The van der Waals surface area contributed by atoms with Gasteiger partial charge in [-0.3, -0.25) is 4.79 Å². The van der Waals surface area contributed by atoms with Crippen LogP contribution in [0.5, 0.6) is 0 Å². The van der Waals surface area contributed by atoms with Gasteiger partial charge in [0.05, 0.1) is 5.75 Å². The van der Waals surface area contributed by atoms with E-state index < -0.39 is 0 Å². The van der Waals surface area contributed by atoms with Gasteiger partial charge in [-0.05, 0) is 37.6 Å². The molecule has 1 amide bonds. The van der Waals surface area contributed by atoms with Crippen molar-refractivity contribution in [3.8, 4) is 0 Å². The lowest BCUT2D eigenvalue weighted by atomic mass is 10.2. The first-order chi connectivity index (χ1) is 9.70. The number of carbonyl (C=O) groups is 1. The molecule has 0 atom stereocenters. The van der Waals surface area contributed by atoms with Crippen molar-refractivity contribution in [1.29, 1.82) is 0 Å². The van der Waals surface area contributed by atoms with E-state index in [1.807, 2.05) is 38.1 Å². The lowest BCUT2D eigenvalue weighted by molar-refractivity contribution is -0.116. The summed E-state index contributed by atoms with van der Waals surface area (Å²) in [6.45, 7) is 4.65. The number of hydrogen-bond donors (Lipinski definition) is 0. The zero-order valence-electron chi connectivity index (χ0n) is 11.6. The van der Waals surface area contributed by atoms with E-state index >= 15 is 0 Å². The zero-order valence-corrected chi connectivity index (χ0v) is 12.4. The lowest BCUT2D eigenvalue weighted by Crippen LogP contribution is -2.32. The highest BCUT2D eigenvalue weighted by atomic mass is 32.2. The molecule has 0 bridgehead atoms. The highest BCUT2D eigenvalue weighted by Crippen LogP contribution is 2.18. The number of rotatable bonds is 5. The van der Waals surface area contributed by atoms with Gasteiger partial charge in [0.15, 0.2) is 5.16 Å². The van der Waals surface area contributed by atoms with E-state index in [2.05, 4.69) is 9.97 Å². The molecule has 0 spiro atoms. The van der Waals surface area contributed by atoms with E-state index in [4.69, 9.17) is 0 Å². The molecule has 0 N–H and O–H groups in total. The minimum atomic E-state index is 0.0653. The van der Waals surface area contributed by atoms with E-state index in [9.17, 15) is 4.79 Å². The summed E-state index contributed by atoms with van der Waals surface area (Å²) in [7, 11) is 0. The Morgan fingerprint density at radius 3 is 2.65 bits per heavy atom. The zero-order chi connectivity index (χ0) is 14.4. The Morgan fingerprint density at radius 1 is 1.25 bits per heavy atom. The molecule has 1 heterocycles. The van der Waals surface area contributed by atoms with Gasteiger partial charge in [-0.15, -0.1) is 0 Å². The third kappa shape index (κ3) is 3.81. The summed E-state index contributed by atoms with van der Waals surface area (Å²) >= 11 is 1.36. The first-order valence-corrected chi connectivity index (χ1v) is 7.46. The minimum absolute atomic E-state index is 0.0653. The Balaban J connectivity index is 2.02. The SMILES string of the molecule is CCN(C(=O)CSc1ncccn1)c1cccc(C)c1. The number of carbonyl (C=O) groups excluding carboxylic acids is 1. The fourth-order valence-corrected chi connectivity index (χ4v) is 2.54. The predicted molar refractivity (Wildman–Crippen MR) is 82.0 cm³/mol. The normalized spacial score (nSPS) is 10.3. The molecule has 1 aromatic heterocycles. The molecule has 0 aliphatic heterocycles. The van der Waals surface area contributed by atoms with Crippen LogP contribution < -0.4 is 4.90 Å². The number of amides is 1. The van der Waals surface area contributed by atoms with Crippen molar-refractivity contribution < 1.29 is 4.79 Å². The first-order valence-electron chi connectivity index (χ1n) is 6.47. The highest BCUT2D eigenvalue weighted by molar-refractivity contribution is 7.99. The van der Waals surface area contributed by atoms with Crippen LogP contribution in [0, 0.1) is 6.92 Å². The average Bonchev–Trinajstić information content (AvgIpc) is 2.47. The smallest absolute Gasteiger partial charge is 0.237 e. The number of benzene rings is 1. The molecule has 5 heteroatoms.